The first-order valence-electron chi connectivity index (χ1n) is 3.83. The average Bonchev–Trinajstić information content (AvgIpc) is 1.84. The second-order valence-electron chi connectivity index (χ2n) is 3.33. The Hall–Kier alpha value is -0.0151. The Bertz CT molecular complexity index is 92.2. The van der Waals surface area contributed by atoms with Crippen LogP contribution in [0.3, 0.4) is 0 Å². The van der Waals surface area contributed by atoms with Crippen molar-refractivity contribution in [3.8, 4) is 0 Å². The normalized spacial score (nSPS) is 38.3. The Kier molecular flexibility index (Phi) is 2.37. The van der Waals surface area contributed by atoms with Gasteiger partial charge in [-0.3, -0.25) is 0 Å². The van der Waals surface area contributed by atoms with Crippen molar-refractivity contribution < 1.29 is 0 Å². The molecule has 0 aliphatic carbocycles. The van der Waals surface area contributed by atoms with Gasteiger partial charge in [0.05, 0.1) is 0 Å². The highest BCUT2D eigenvalue weighted by Gasteiger charge is 2.22. The molecule has 0 N–H and O–H groups in total. The third-order valence-electron chi connectivity index (χ3n) is 2.35. The Labute approximate surface area is 64.6 Å². The lowest BCUT2D eigenvalue weighted by atomic mass is 10.1. The molecule has 56 valence electrons. The molecular formula is C7H15BN2. The molecule has 1 heterocycles. The maximum Gasteiger partial charge on any atom is 0.182 e. The third kappa shape index (κ3) is 1.52. The van der Waals surface area contributed by atoms with E-state index in [9.17, 15) is 0 Å². The number of hydrogen-bond donors (Lipinski definition) is 0. The van der Waals surface area contributed by atoms with Gasteiger partial charge in [0.15, 0.2) is 7.98 Å². The van der Waals surface area contributed by atoms with Gasteiger partial charge in [-0.05, 0) is 20.9 Å². The SMILES string of the molecule is [B]N1CC(C)N(C)CC1C. The summed E-state index contributed by atoms with van der Waals surface area (Å²) < 4.78 is 0. The molecule has 1 aliphatic heterocycles. The highest BCUT2D eigenvalue weighted by molar-refractivity contribution is 6.04. The van der Waals surface area contributed by atoms with Crippen LogP contribution in [0.1, 0.15) is 13.8 Å². The van der Waals surface area contributed by atoms with Crippen molar-refractivity contribution in [2.75, 3.05) is 20.1 Å². The molecule has 0 saturated carbocycles. The Morgan fingerprint density at radius 2 is 1.80 bits per heavy atom. The van der Waals surface area contributed by atoms with Crippen LogP contribution in [0, 0.1) is 0 Å². The van der Waals surface area contributed by atoms with E-state index in [4.69, 9.17) is 7.98 Å². The molecule has 0 aromatic carbocycles. The van der Waals surface area contributed by atoms with Crippen LogP contribution in [0.15, 0.2) is 0 Å². The first-order chi connectivity index (χ1) is 4.61. The Morgan fingerprint density at radius 1 is 1.20 bits per heavy atom. The van der Waals surface area contributed by atoms with Crippen molar-refractivity contribution in [3.63, 3.8) is 0 Å². The van der Waals surface area contributed by atoms with Crippen molar-refractivity contribution in [2.45, 2.75) is 25.9 Å². The van der Waals surface area contributed by atoms with E-state index in [0.29, 0.717) is 12.1 Å². The van der Waals surface area contributed by atoms with Crippen LogP contribution in [-0.2, 0) is 0 Å². The zero-order valence-electron chi connectivity index (χ0n) is 7.04. The first kappa shape index (κ1) is 8.09. The highest BCUT2D eigenvalue weighted by Crippen LogP contribution is 2.09. The largest absolute Gasteiger partial charge is 0.349 e. The topological polar surface area (TPSA) is 6.48 Å². The van der Waals surface area contributed by atoms with E-state index in [2.05, 4.69) is 25.8 Å². The predicted octanol–water partition coefficient (Wildman–Crippen LogP) is 0.0943. The van der Waals surface area contributed by atoms with Gasteiger partial charge in [-0.15, -0.1) is 0 Å². The summed E-state index contributed by atoms with van der Waals surface area (Å²) in [5.74, 6) is 0. The summed E-state index contributed by atoms with van der Waals surface area (Å²) >= 11 is 0. The number of likely N-dealkylation sites (N-methyl/N-ethyl adjacent to an activating group) is 1. The van der Waals surface area contributed by atoms with Crippen molar-refractivity contribution in [1.82, 2.24) is 9.71 Å². The molecule has 10 heavy (non-hydrogen) atoms. The zero-order valence-corrected chi connectivity index (χ0v) is 7.04. The van der Waals surface area contributed by atoms with Gasteiger partial charge >= 0.3 is 0 Å². The van der Waals surface area contributed by atoms with Gasteiger partial charge < -0.3 is 9.71 Å². The van der Waals surface area contributed by atoms with E-state index >= 15 is 0 Å². The van der Waals surface area contributed by atoms with E-state index in [-0.39, 0.29) is 0 Å². The second-order valence-corrected chi connectivity index (χ2v) is 3.33. The minimum Gasteiger partial charge on any atom is -0.349 e. The molecule has 1 fully saturated rings. The van der Waals surface area contributed by atoms with E-state index in [1.54, 1.807) is 0 Å². The number of piperazine rings is 1. The molecule has 1 rings (SSSR count). The highest BCUT2D eigenvalue weighted by atomic mass is 15.2. The minimum absolute atomic E-state index is 0.501. The van der Waals surface area contributed by atoms with Crippen molar-refractivity contribution in [3.05, 3.63) is 0 Å². The lowest BCUT2D eigenvalue weighted by Gasteiger charge is -2.41. The van der Waals surface area contributed by atoms with Gasteiger partial charge in [-0.25, -0.2) is 0 Å². The van der Waals surface area contributed by atoms with E-state index < -0.39 is 0 Å². The van der Waals surface area contributed by atoms with E-state index in [0.717, 1.165) is 13.1 Å². The molecule has 2 atom stereocenters. The summed E-state index contributed by atoms with van der Waals surface area (Å²) in [6, 6.07) is 1.10. The quantitative estimate of drug-likeness (QED) is 0.438. The lowest BCUT2D eigenvalue weighted by Crippen LogP contribution is -2.53. The van der Waals surface area contributed by atoms with Gasteiger partial charge in [0.1, 0.15) is 0 Å². The molecule has 0 spiro atoms. The second kappa shape index (κ2) is 2.93. The molecule has 2 unspecified atom stereocenters. The summed E-state index contributed by atoms with van der Waals surface area (Å²) in [7, 11) is 7.88. The zero-order chi connectivity index (χ0) is 7.72. The molecular weight excluding hydrogens is 123 g/mol. The fourth-order valence-electron chi connectivity index (χ4n) is 1.33. The molecule has 2 nitrogen and oxygen atoms in total. The smallest absolute Gasteiger partial charge is 0.182 e. The molecule has 2 radical (unpaired) electrons. The minimum atomic E-state index is 0.501. The summed E-state index contributed by atoms with van der Waals surface area (Å²) in [4.78, 5) is 4.26. The summed E-state index contributed by atoms with van der Waals surface area (Å²) in [5, 5.41) is 0. The molecule has 0 aromatic heterocycles. The molecule has 1 aliphatic rings. The van der Waals surface area contributed by atoms with Crippen molar-refractivity contribution in [2.24, 2.45) is 0 Å². The standard InChI is InChI=1S/C7H15BN2/c1-6-5-10(8)7(2)4-9(6)3/h6-7H,4-5H2,1-3H3. The van der Waals surface area contributed by atoms with Crippen molar-refractivity contribution >= 4 is 7.98 Å². The van der Waals surface area contributed by atoms with Crippen LogP contribution in [0.2, 0.25) is 0 Å². The van der Waals surface area contributed by atoms with Gasteiger partial charge in [0, 0.05) is 25.2 Å². The maximum atomic E-state index is 5.74. The summed E-state index contributed by atoms with van der Waals surface area (Å²) in [6.07, 6.45) is 0. The molecule has 3 heteroatoms. The first-order valence-corrected chi connectivity index (χ1v) is 3.83. The summed E-state index contributed by atoms with van der Waals surface area (Å²) in [5.41, 5.74) is 0. The predicted molar refractivity (Wildman–Crippen MR) is 44.0 cm³/mol. The van der Waals surface area contributed by atoms with Crippen LogP contribution in [0.25, 0.3) is 0 Å². The van der Waals surface area contributed by atoms with E-state index in [1.807, 2.05) is 4.81 Å². The van der Waals surface area contributed by atoms with Crippen LogP contribution < -0.4 is 0 Å². The van der Waals surface area contributed by atoms with Gasteiger partial charge in [0.25, 0.3) is 0 Å². The number of nitrogens with zero attached hydrogens (tertiary/aromatic N) is 2. The van der Waals surface area contributed by atoms with Gasteiger partial charge in [-0.2, -0.15) is 0 Å². The van der Waals surface area contributed by atoms with Gasteiger partial charge in [0.2, 0.25) is 0 Å². The van der Waals surface area contributed by atoms with Gasteiger partial charge in [-0.1, -0.05) is 0 Å². The van der Waals surface area contributed by atoms with Crippen LogP contribution in [0.4, 0.5) is 0 Å². The molecule has 0 amide bonds. The fourth-order valence-corrected chi connectivity index (χ4v) is 1.33. The molecule has 0 bridgehead atoms. The monoisotopic (exact) mass is 138 g/mol. The maximum absolute atomic E-state index is 5.74. The molecule has 0 aromatic rings. The summed E-state index contributed by atoms with van der Waals surface area (Å²) in [6.45, 7) is 6.42. The third-order valence-corrected chi connectivity index (χ3v) is 2.35. The van der Waals surface area contributed by atoms with Crippen LogP contribution >= 0.6 is 0 Å². The average molecular weight is 138 g/mol. The van der Waals surface area contributed by atoms with Crippen LogP contribution in [-0.4, -0.2) is 49.9 Å². The van der Waals surface area contributed by atoms with Crippen molar-refractivity contribution in [1.29, 1.82) is 0 Å². The van der Waals surface area contributed by atoms with E-state index in [1.165, 1.54) is 0 Å². The van der Waals surface area contributed by atoms with Crippen LogP contribution in [0.5, 0.6) is 0 Å². The molecule has 1 saturated heterocycles. The lowest BCUT2D eigenvalue weighted by molar-refractivity contribution is 0.120. The fraction of sp³-hybridized carbons (Fsp3) is 1.00. The Morgan fingerprint density at radius 3 is 2.30 bits per heavy atom. The Balaban J connectivity index is 2.46. The number of hydrogen-bond acceptors (Lipinski definition) is 2. The number of rotatable bonds is 0.